The van der Waals surface area contributed by atoms with Crippen LogP contribution in [0, 0.1) is 11.7 Å². The third-order valence-corrected chi connectivity index (χ3v) is 6.45. The van der Waals surface area contributed by atoms with Crippen molar-refractivity contribution in [3.63, 3.8) is 0 Å². The Bertz CT molecular complexity index is 667. The van der Waals surface area contributed by atoms with Gasteiger partial charge in [0, 0.05) is 38.3 Å². The molecule has 1 aromatic rings. The molecule has 2 heterocycles. The van der Waals surface area contributed by atoms with Crippen LogP contribution in [0.15, 0.2) is 24.3 Å². The normalized spacial score (nSPS) is 24.0. The lowest BCUT2D eigenvalue weighted by Crippen LogP contribution is -2.49. The number of benzene rings is 1. The largest absolute Gasteiger partial charge is 0.368 e. The Morgan fingerprint density at radius 3 is 2.35 bits per heavy atom. The first-order valence-corrected chi connectivity index (χ1v) is 9.74. The average Bonchev–Trinajstić information content (AvgIpc) is 2.87. The maximum absolute atomic E-state index is 13.0. The number of sulfone groups is 1. The molecule has 2 fully saturated rings. The topological polar surface area (TPSA) is 57.7 Å². The molecule has 0 spiro atoms. The summed E-state index contributed by atoms with van der Waals surface area (Å²) >= 11 is 0. The summed E-state index contributed by atoms with van der Waals surface area (Å²) in [4.78, 5) is 16.3. The molecule has 0 aliphatic carbocycles. The summed E-state index contributed by atoms with van der Waals surface area (Å²) in [6, 6.07) is 6.37. The number of nitrogens with zero attached hydrogens (tertiary/aromatic N) is 2. The fourth-order valence-corrected chi connectivity index (χ4v) is 5.14. The molecule has 1 amide bonds. The van der Waals surface area contributed by atoms with Crippen LogP contribution >= 0.6 is 0 Å². The first kappa shape index (κ1) is 16.2. The molecule has 0 saturated carbocycles. The van der Waals surface area contributed by atoms with Gasteiger partial charge in [-0.1, -0.05) is 0 Å². The summed E-state index contributed by atoms with van der Waals surface area (Å²) in [5.41, 5.74) is 0.959. The van der Waals surface area contributed by atoms with Gasteiger partial charge >= 0.3 is 0 Å². The number of halogens is 1. The van der Waals surface area contributed by atoms with Crippen LogP contribution in [0.2, 0.25) is 0 Å². The molecule has 0 bridgehead atoms. The van der Waals surface area contributed by atoms with Crippen molar-refractivity contribution in [1.29, 1.82) is 0 Å². The first-order chi connectivity index (χ1) is 10.9. The van der Waals surface area contributed by atoms with Gasteiger partial charge in [-0.2, -0.15) is 0 Å². The third kappa shape index (κ3) is 4.02. The van der Waals surface area contributed by atoms with Gasteiger partial charge in [-0.15, -0.1) is 0 Å². The Morgan fingerprint density at radius 2 is 1.78 bits per heavy atom. The number of piperazine rings is 1. The molecule has 3 rings (SSSR count). The highest BCUT2D eigenvalue weighted by molar-refractivity contribution is 7.91. The highest BCUT2D eigenvalue weighted by atomic mass is 32.2. The zero-order chi connectivity index (χ0) is 16.4. The van der Waals surface area contributed by atoms with E-state index < -0.39 is 9.84 Å². The van der Waals surface area contributed by atoms with Crippen LogP contribution in [0.4, 0.5) is 10.1 Å². The van der Waals surface area contributed by atoms with E-state index in [1.807, 2.05) is 4.90 Å². The van der Waals surface area contributed by atoms with Crippen molar-refractivity contribution in [3.8, 4) is 0 Å². The zero-order valence-electron chi connectivity index (χ0n) is 12.9. The van der Waals surface area contributed by atoms with Gasteiger partial charge in [0.1, 0.15) is 5.82 Å². The van der Waals surface area contributed by atoms with Crippen molar-refractivity contribution in [2.24, 2.45) is 5.92 Å². The Hall–Kier alpha value is -1.63. The van der Waals surface area contributed by atoms with Gasteiger partial charge in [0.15, 0.2) is 9.84 Å². The van der Waals surface area contributed by atoms with Crippen molar-refractivity contribution in [2.45, 2.75) is 12.8 Å². The SMILES string of the molecule is O=C(C[C@@H]1CCS(=O)(=O)C1)N1CCN(c2ccc(F)cc2)CC1. The van der Waals surface area contributed by atoms with Crippen molar-refractivity contribution in [3.05, 3.63) is 30.1 Å². The minimum absolute atomic E-state index is 0.0253. The molecule has 2 aliphatic heterocycles. The average molecular weight is 340 g/mol. The van der Waals surface area contributed by atoms with E-state index in [0.29, 0.717) is 39.0 Å². The van der Waals surface area contributed by atoms with E-state index in [-0.39, 0.29) is 29.1 Å². The van der Waals surface area contributed by atoms with E-state index in [4.69, 9.17) is 0 Å². The molecule has 5 nitrogen and oxygen atoms in total. The van der Waals surface area contributed by atoms with Gasteiger partial charge in [-0.3, -0.25) is 4.79 Å². The summed E-state index contributed by atoms with van der Waals surface area (Å²) in [5, 5.41) is 0. The monoisotopic (exact) mass is 340 g/mol. The number of rotatable bonds is 3. The number of carbonyl (C=O) groups is 1. The first-order valence-electron chi connectivity index (χ1n) is 7.92. The lowest BCUT2D eigenvalue weighted by atomic mass is 10.0. The summed E-state index contributed by atoms with van der Waals surface area (Å²) in [6.07, 6.45) is 0.930. The number of amides is 1. The Labute approximate surface area is 136 Å². The van der Waals surface area contributed by atoms with E-state index in [2.05, 4.69) is 4.90 Å². The van der Waals surface area contributed by atoms with Gasteiger partial charge in [-0.25, -0.2) is 12.8 Å². The molecule has 1 atom stereocenters. The van der Waals surface area contributed by atoms with Crippen molar-refractivity contribution < 1.29 is 17.6 Å². The van der Waals surface area contributed by atoms with Gasteiger partial charge in [-0.05, 0) is 36.6 Å². The van der Waals surface area contributed by atoms with Crippen molar-refractivity contribution in [1.82, 2.24) is 4.90 Å². The predicted octanol–water partition coefficient (Wildman–Crippen LogP) is 1.30. The molecule has 126 valence electrons. The Balaban J connectivity index is 1.50. The zero-order valence-corrected chi connectivity index (χ0v) is 13.8. The van der Waals surface area contributed by atoms with E-state index in [0.717, 1.165) is 5.69 Å². The molecule has 23 heavy (non-hydrogen) atoms. The maximum Gasteiger partial charge on any atom is 0.223 e. The quantitative estimate of drug-likeness (QED) is 0.832. The van der Waals surface area contributed by atoms with Crippen LogP contribution in [-0.4, -0.2) is 56.9 Å². The van der Waals surface area contributed by atoms with E-state index in [9.17, 15) is 17.6 Å². The summed E-state index contributed by atoms with van der Waals surface area (Å²) in [7, 11) is -2.93. The number of hydrogen-bond acceptors (Lipinski definition) is 4. The second-order valence-corrected chi connectivity index (χ2v) is 8.55. The Kier molecular flexibility index (Phi) is 4.57. The molecular weight excluding hydrogens is 319 g/mol. The molecule has 0 aromatic heterocycles. The fourth-order valence-electron chi connectivity index (χ4n) is 3.28. The van der Waals surface area contributed by atoms with E-state index in [1.54, 1.807) is 12.1 Å². The Morgan fingerprint density at radius 1 is 1.13 bits per heavy atom. The molecular formula is C16H21FN2O3S. The van der Waals surface area contributed by atoms with Crippen LogP contribution in [0.1, 0.15) is 12.8 Å². The lowest BCUT2D eigenvalue weighted by Gasteiger charge is -2.36. The number of hydrogen-bond donors (Lipinski definition) is 0. The van der Waals surface area contributed by atoms with Crippen LogP contribution in [0.3, 0.4) is 0 Å². The van der Waals surface area contributed by atoms with Crippen molar-refractivity contribution in [2.75, 3.05) is 42.6 Å². The molecule has 2 saturated heterocycles. The van der Waals surface area contributed by atoms with Crippen molar-refractivity contribution >= 4 is 21.4 Å². The van der Waals surface area contributed by atoms with E-state index in [1.165, 1.54) is 12.1 Å². The van der Waals surface area contributed by atoms with Crippen LogP contribution in [0.5, 0.6) is 0 Å². The minimum atomic E-state index is -2.93. The molecule has 7 heteroatoms. The third-order valence-electron chi connectivity index (χ3n) is 4.61. The minimum Gasteiger partial charge on any atom is -0.368 e. The van der Waals surface area contributed by atoms with Gasteiger partial charge in [0.05, 0.1) is 11.5 Å². The highest BCUT2D eigenvalue weighted by Crippen LogP contribution is 2.23. The smallest absolute Gasteiger partial charge is 0.223 e. The molecule has 0 radical (unpaired) electrons. The standard InChI is InChI=1S/C16H21FN2O3S/c17-14-1-3-15(4-2-14)18-6-8-19(9-7-18)16(20)11-13-5-10-23(21,22)12-13/h1-4,13H,5-12H2/t13-/m0/s1. The van der Waals surface area contributed by atoms with Crippen LogP contribution in [0.25, 0.3) is 0 Å². The number of anilines is 1. The van der Waals surface area contributed by atoms with Crippen LogP contribution in [-0.2, 0) is 14.6 Å². The maximum atomic E-state index is 13.0. The molecule has 0 unspecified atom stereocenters. The van der Waals surface area contributed by atoms with Gasteiger partial charge < -0.3 is 9.80 Å². The summed E-state index contributed by atoms with van der Waals surface area (Å²) < 4.78 is 35.9. The predicted molar refractivity (Wildman–Crippen MR) is 86.6 cm³/mol. The highest BCUT2D eigenvalue weighted by Gasteiger charge is 2.31. The fraction of sp³-hybridized carbons (Fsp3) is 0.562. The second kappa shape index (κ2) is 6.47. The van der Waals surface area contributed by atoms with Gasteiger partial charge in [0.25, 0.3) is 0 Å². The molecule has 2 aliphatic rings. The molecule has 0 N–H and O–H groups in total. The second-order valence-electron chi connectivity index (χ2n) is 6.32. The number of carbonyl (C=O) groups excluding carboxylic acids is 1. The lowest BCUT2D eigenvalue weighted by molar-refractivity contribution is -0.132. The van der Waals surface area contributed by atoms with Crippen LogP contribution < -0.4 is 4.90 Å². The molecule has 1 aromatic carbocycles. The summed E-state index contributed by atoms with van der Waals surface area (Å²) in [5.74, 6) is 0.125. The van der Waals surface area contributed by atoms with E-state index >= 15 is 0 Å². The summed E-state index contributed by atoms with van der Waals surface area (Å²) in [6.45, 7) is 2.66. The van der Waals surface area contributed by atoms with Gasteiger partial charge in [0.2, 0.25) is 5.91 Å².